The van der Waals surface area contributed by atoms with E-state index in [0.29, 0.717) is 37.7 Å². The Labute approximate surface area is 148 Å². The molecule has 7 nitrogen and oxygen atoms in total. The lowest BCUT2D eigenvalue weighted by Crippen LogP contribution is -2.34. The topological polar surface area (TPSA) is 93.3 Å². The molecule has 1 aromatic heterocycles. The predicted octanol–water partition coefficient (Wildman–Crippen LogP) is 1.69. The van der Waals surface area contributed by atoms with Crippen LogP contribution in [0.25, 0.3) is 0 Å². The first kappa shape index (κ1) is 19.6. The second-order valence-electron chi connectivity index (χ2n) is 7.44. The van der Waals surface area contributed by atoms with Crippen LogP contribution in [0.15, 0.2) is 4.79 Å². The molecule has 140 valence electrons. The maximum Gasteiger partial charge on any atom is 0.264 e. The minimum atomic E-state index is -0.399. The zero-order chi connectivity index (χ0) is 18.4. The molecule has 0 bridgehead atoms. The number of hydrogen-bond donors (Lipinski definition) is 2. The number of rotatable bonds is 7. The molecule has 1 aromatic rings. The summed E-state index contributed by atoms with van der Waals surface area (Å²) in [5, 5.41) is 2.76. The molecule has 2 rings (SSSR count). The van der Waals surface area contributed by atoms with E-state index in [1.807, 2.05) is 20.8 Å². The minimum Gasteiger partial charge on any atom is -0.379 e. The van der Waals surface area contributed by atoms with Gasteiger partial charge in [0.2, 0.25) is 0 Å². The fourth-order valence-electron chi connectivity index (χ4n) is 2.66. The Morgan fingerprint density at radius 3 is 2.80 bits per heavy atom. The predicted molar refractivity (Wildman–Crippen MR) is 95.0 cm³/mol. The second kappa shape index (κ2) is 8.58. The zero-order valence-electron chi connectivity index (χ0n) is 15.6. The lowest BCUT2D eigenvalue weighted by atomic mass is 9.95. The molecule has 0 aliphatic carbocycles. The van der Waals surface area contributed by atoms with Crippen molar-refractivity contribution in [3.8, 4) is 0 Å². The maximum absolute atomic E-state index is 12.3. The van der Waals surface area contributed by atoms with Crippen LogP contribution in [0.2, 0.25) is 0 Å². The molecule has 7 heteroatoms. The van der Waals surface area contributed by atoms with Gasteiger partial charge in [0, 0.05) is 25.2 Å². The van der Waals surface area contributed by atoms with Gasteiger partial charge in [-0.25, -0.2) is 4.98 Å². The van der Waals surface area contributed by atoms with Crippen LogP contribution >= 0.6 is 0 Å². The number of nitrogens with zero attached hydrogens (tertiary/aromatic N) is 1. The molecule has 1 aliphatic rings. The summed E-state index contributed by atoms with van der Waals surface area (Å²) in [5.74, 6) is 0.180. The van der Waals surface area contributed by atoms with Crippen molar-refractivity contribution in [3.05, 3.63) is 27.4 Å². The van der Waals surface area contributed by atoms with Crippen LogP contribution in [0.1, 0.15) is 61.9 Å². The summed E-state index contributed by atoms with van der Waals surface area (Å²) in [5.41, 5.74) is -0.155. The van der Waals surface area contributed by atoms with E-state index in [1.165, 1.54) is 0 Å². The van der Waals surface area contributed by atoms with Crippen molar-refractivity contribution in [3.63, 3.8) is 0 Å². The van der Waals surface area contributed by atoms with Gasteiger partial charge in [0.1, 0.15) is 11.4 Å². The van der Waals surface area contributed by atoms with Crippen LogP contribution in [0.4, 0.5) is 0 Å². The summed E-state index contributed by atoms with van der Waals surface area (Å²) in [6.07, 6.45) is 3.04. The van der Waals surface area contributed by atoms with Crippen molar-refractivity contribution in [2.24, 2.45) is 0 Å². The van der Waals surface area contributed by atoms with Crippen LogP contribution < -0.4 is 10.9 Å². The average molecular weight is 351 g/mol. The van der Waals surface area contributed by atoms with Crippen LogP contribution in [0, 0.1) is 6.92 Å². The van der Waals surface area contributed by atoms with E-state index >= 15 is 0 Å². The first-order valence-electron chi connectivity index (χ1n) is 8.88. The molecule has 1 aliphatic heterocycles. The summed E-state index contributed by atoms with van der Waals surface area (Å²) in [6.45, 7) is 9.99. The van der Waals surface area contributed by atoms with E-state index in [2.05, 4.69) is 15.3 Å². The van der Waals surface area contributed by atoms with E-state index in [4.69, 9.17) is 9.47 Å². The van der Waals surface area contributed by atoms with Crippen LogP contribution in [-0.4, -0.2) is 48.3 Å². The van der Waals surface area contributed by atoms with Crippen molar-refractivity contribution in [1.82, 2.24) is 15.3 Å². The molecule has 1 unspecified atom stereocenters. The highest BCUT2D eigenvalue weighted by molar-refractivity contribution is 5.94. The summed E-state index contributed by atoms with van der Waals surface area (Å²) in [6, 6.07) is 0. The van der Waals surface area contributed by atoms with Gasteiger partial charge in [-0.1, -0.05) is 20.8 Å². The van der Waals surface area contributed by atoms with Gasteiger partial charge in [-0.15, -0.1) is 0 Å². The van der Waals surface area contributed by atoms with Crippen LogP contribution in [0.5, 0.6) is 0 Å². The second-order valence-corrected chi connectivity index (χ2v) is 7.44. The maximum atomic E-state index is 12.3. The molecule has 0 radical (unpaired) electrons. The molecule has 1 amide bonds. The molecule has 2 N–H and O–H groups in total. The number of nitrogens with one attached hydrogen (secondary N) is 2. The highest BCUT2D eigenvalue weighted by Crippen LogP contribution is 2.17. The molecule has 25 heavy (non-hydrogen) atoms. The SMILES string of the molecule is Cc1nc(C(C)(C)C)[nH]c(=O)c1C(=O)NCCCOCC1CCCO1. The first-order chi connectivity index (χ1) is 11.8. The summed E-state index contributed by atoms with van der Waals surface area (Å²) in [4.78, 5) is 31.6. The highest BCUT2D eigenvalue weighted by atomic mass is 16.5. The third-order valence-electron chi connectivity index (χ3n) is 4.12. The molecular weight excluding hydrogens is 322 g/mol. The summed E-state index contributed by atoms with van der Waals surface area (Å²) < 4.78 is 11.0. The number of aryl methyl sites for hydroxylation is 1. The lowest BCUT2D eigenvalue weighted by Gasteiger charge is -2.18. The van der Waals surface area contributed by atoms with Gasteiger partial charge in [0.25, 0.3) is 11.5 Å². The Kier molecular flexibility index (Phi) is 6.72. The van der Waals surface area contributed by atoms with Gasteiger partial charge in [-0.2, -0.15) is 0 Å². The van der Waals surface area contributed by atoms with Crippen molar-refractivity contribution in [2.75, 3.05) is 26.4 Å². The van der Waals surface area contributed by atoms with Crippen molar-refractivity contribution < 1.29 is 14.3 Å². The number of ether oxygens (including phenoxy) is 2. The largest absolute Gasteiger partial charge is 0.379 e. The smallest absolute Gasteiger partial charge is 0.264 e. The molecule has 1 atom stereocenters. The Hall–Kier alpha value is -1.73. The first-order valence-corrected chi connectivity index (χ1v) is 8.88. The summed E-state index contributed by atoms with van der Waals surface area (Å²) in [7, 11) is 0. The Morgan fingerprint density at radius 1 is 1.44 bits per heavy atom. The van der Waals surface area contributed by atoms with Crippen molar-refractivity contribution >= 4 is 5.91 Å². The Balaban J connectivity index is 1.79. The van der Waals surface area contributed by atoms with E-state index in [0.717, 1.165) is 19.4 Å². The van der Waals surface area contributed by atoms with Gasteiger partial charge in [0.05, 0.1) is 18.4 Å². The summed E-state index contributed by atoms with van der Waals surface area (Å²) >= 11 is 0. The van der Waals surface area contributed by atoms with Gasteiger partial charge in [-0.05, 0) is 26.2 Å². The highest BCUT2D eigenvalue weighted by Gasteiger charge is 2.22. The number of hydrogen-bond acceptors (Lipinski definition) is 5. The molecular formula is C18H29N3O4. The third kappa shape index (κ3) is 5.64. The molecule has 1 saturated heterocycles. The quantitative estimate of drug-likeness (QED) is 0.729. The van der Waals surface area contributed by atoms with E-state index < -0.39 is 11.5 Å². The Morgan fingerprint density at radius 2 is 2.20 bits per heavy atom. The monoisotopic (exact) mass is 351 g/mol. The van der Waals surface area contributed by atoms with Crippen molar-refractivity contribution in [1.29, 1.82) is 0 Å². The van der Waals surface area contributed by atoms with Gasteiger partial charge in [-0.3, -0.25) is 9.59 Å². The van der Waals surface area contributed by atoms with Crippen molar-refractivity contribution in [2.45, 2.75) is 58.5 Å². The molecule has 0 saturated carbocycles. The number of carbonyl (C=O) groups is 1. The number of amides is 1. The zero-order valence-corrected chi connectivity index (χ0v) is 15.6. The van der Waals surface area contributed by atoms with Gasteiger partial charge >= 0.3 is 0 Å². The fourth-order valence-corrected chi connectivity index (χ4v) is 2.66. The fraction of sp³-hybridized carbons (Fsp3) is 0.722. The number of aromatic amines is 1. The third-order valence-corrected chi connectivity index (χ3v) is 4.12. The number of carbonyl (C=O) groups excluding carboxylic acids is 1. The molecule has 1 fully saturated rings. The van der Waals surface area contributed by atoms with Crippen LogP contribution in [-0.2, 0) is 14.9 Å². The van der Waals surface area contributed by atoms with Gasteiger partial charge < -0.3 is 19.8 Å². The number of aromatic nitrogens is 2. The van der Waals surface area contributed by atoms with Crippen LogP contribution in [0.3, 0.4) is 0 Å². The van der Waals surface area contributed by atoms with E-state index in [1.54, 1.807) is 6.92 Å². The molecule has 0 spiro atoms. The number of H-pyrrole nitrogens is 1. The Bertz CT molecular complexity index is 643. The van der Waals surface area contributed by atoms with E-state index in [-0.39, 0.29) is 17.1 Å². The van der Waals surface area contributed by atoms with E-state index in [9.17, 15) is 9.59 Å². The molecule has 0 aromatic carbocycles. The lowest BCUT2D eigenvalue weighted by molar-refractivity contribution is 0.0166. The minimum absolute atomic E-state index is 0.0771. The normalized spacial score (nSPS) is 17.7. The van der Waals surface area contributed by atoms with Gasteiger partial charge in [0.15, 0.2) is 0 Å². The standard InChI is InChI=1S/C18H29N3O4/c1-12-14(16(23)21-17(20-12)18(2,3)4)15(22)19-8-6-9-24-11-13-7-5-10-25-13/h13H,5-11H2,1-4H3,(H,19,22)(H,20,21,23). The molecule has 2 heterocycles. The average Bonchev–Trinajstić information content (AvgIpc) is 3.02.